The van der Waals surface area contributed by atoms with Gasteiger partial charge in [0, 0.05) is 25.2 Å². The maximum absolute atomic E-state index is 12.0. The fraction of sp³-hybridized carbons (Fsp3) is 0.938. The Kier molecular flexibility index (Phi) is 5.49. The van der Waals surface area contributed by atoms with Gasteiger partial charge in [0.15, 0.2) is 0 Å². The predicted molar refractivity (Wildman–Crippen MR) is 82.2 cm³/mol. The maximum Gasteiger partial charge on any atom is 0.410 e. The summed E-state index contributed by atoms with van der Waals surface area (Å²) in [6.07, 6.45) is 5.76. The fourth-order valence-corrected chi connectivity index (χ4v) is 3.16. The zero-order valence-corrected chi connectivity index (χ0v) is 13.6. The zero-order valence-electron chi connectivity index (χ0n) is 13.6. The number of aliphatic hydroxyl groups is 1. The lowest BCUT2D eigenvalue weighted by Crippen LogP contribution is -2.52. The van der Waals surface area contributed by atoms with Gasteiger partial charge in [-0.1, -0.05) is 12.8 Å². The molecule has 122 valence electrons. The Morgan fingerprint density at radius 1 is 1.14 bits per heavy atom. The summed E-state index contributed by atoms with van der Waals surface area (Å²) in [7, 11) is 0. The minimum atomic E-state index is -0.432. The third-order valence-corrected chi connectivity index (χ3v) is 4.33. The summed E-state index contributed by atoms with van der Waals surface area (Å²) in [5.74, 6) is 0. The van der Waals surface area contributed by atoms with Crippen molar-refractivity contribution >= 4 is 6.09 Å². The zero-order chi connectivity index (χ0) is 15.5. The molecule has 0 spiro atoms. The average molecular weight is 298 g/mol. The van der Waals surface area contributed by atoms with Crippen molar-refractivity contribution in [3.8, 4) is 0 Å². The highest BCUT2D eigenvalue weighted by atomic mass is 16.6. The van der Waals surface area contributed by atoms with Gasteiger partial charge in [-0.2, -0.15) is 0 Å². The van der Waals surface area contributed by atoms with E-state index in [0.29, 0.717) is 6.04 Å². The lowest BCUT2D eigenvalue weighted by atomic mass is 9.91. The normalized spacial score (nSPS) is 28.5. The third-order valence-electron chi connectivity index (χ3n) is 4.33. The van der Waals surface area contributed by atoms with E-state index in [0.717, 1.165) is 45.2 Å². The number of nitrogens with one attached hydrogen (secondary N) is 1. The van der Waals surface area contributed by atoms with E-state index < -0.39 is 5.60 Å². The van der Waals surface area contributed by atoms with Crippen LogP contribution >= 0.6 is 0 Å². The lowest BCUT2D eigenvalue weighted by Gasteiger charge is -2.37. The molecule has 21 heavy (non-hydrogen) atoms. The molecule has 1 heterocycles. The molecule has 0 aromatic rings. The SMILES string of the molecule is CC(C)(C)OC(=O)N1CCC(NC2CCCC[C@@H]2O)CC1. The molecule has 1 saturated heterocycles. The van der Waals surface area contributed by atoms with Gasteiger partial charge in [0.05, 0.1) is 6.10 Å². The molecular formula is C16H30N2O3. The van der Waals surface area contributed by atoms with Crippen LogP contribution in [0.15, 0.2) is 0 Å². The highest BCUT2D eigenvalue weighted by molar-refractivity contribution is 5.68. The Balaban J connectivity index is 1.74. The van der Waals surface area contributed by atoms with Crippen molar-refractivity contribution in [2.24, 2.45) is 0 Å². The summed E-state index contributed by atoms with van der Waals surface area (Å²) in [6.45, 7) is 7.14. The number of ether oxygens (including phenoxy) is 1. The minimum absolute atomic E-state index is 0.206. The first-order valence-corrected chi connectivity index (χ1v) is 8.27. The number of aliphatic hydroxyl groups excluding tert-OH is 1. The van der Waals surface area contributed by atoms with Crippen molar-refractivity contribution in [2.75, 3.05) is 13.1 Å². The van der Waals surface area contributed by atoms with Gasteiger partial charge in [0.1, 0.15) is 5.60 Å². The molecule has 2 N–H and O–H groups in total. The molecule has 2 atom stereocenters. The number of piperidine rings is 1. The van der Waals surface area contributed by atoms with Crippen LogP contribution in [0.4, 0.5) is 4.79 Å². The van der Waals surface area contributed by atoms with Crippen LogP contribution < -0.4 is 5.32 Å². The summed E-state index contributed by atoms with van der Waals surface area (Å²) in [6, 6.07) is 0.637. The molecule has 2 fully saturated rings. The van der Waals surface area contributed by atoms with Crippen LogP contribution in [0.1, 0.15) is 59.3 Å². The van der Waals surface area contributed by atoms with Gasteiger partial charge in [-0.15, -0.1) is 0 Å². The molecule has 0 bridgehead atoms. The van der Waals surface area contributed by atoms with E-state index in [1.807, 2.05) is 20.8 Å². The molecule has 1 amide bonds. The molecule has 1 aliphatic heterocycles. The molecule has 5 heteroatoms. The number of hydrogen-bond acceptors (Lipinski definition) is 4. The third kappa shape index (κ3) is 5.15. The number of nitrogens with zero attached hydrogens (tertiary/aromatic N) is 1. The van der Waals surface area contributed by atoms with Gasteiger partial charge in [-0.3, -0.25) is 0 Å². The van der Waals surface area contributed by atoms with E-state index in [9.17, 15) is 9.90 Å². The minimum Gasteiger partial charge on any atom is -0.444 e. The smallest absolute Gasteiger partial charge is 0.410 e. The average Bonchev–Trinajstić information content (AvgIpc) is 2.40. The molecule has 2 aliphatic rings. The second-order valence-electron chi connectivity index (χ2n) is 7.37. The highest BCUT2D eigenvalue weighted by Crippen LogP contribution is 2.21. The fourth-order valence-electron chi connectivity index (χ4n) is 3.16. The predicted octanol–water partition coefficient (Wildman–Crippen LogP) is 2.28. The lowest BCUT2D eigenvalue weighted by molar-refractivity contribution is 0.0178. The Morgan fingerprint density at radius 2 is 1.76 bits per heavy atom. The van der Waals surface area contributed by atoms with Crippen LogP contribution in [0, 0.1) is 0 Å². The van der Waals surface area contributed by atoms with Crippen molar-refractivity contribution in [3.05, 3.63) is 0 Å². The number of carbonyl (C=O) groups excluding carboxylic acids is 1. The van der Waals surface area contributed by atoms with Crippen LogP contribution in [0.25, 0.3) is 0 Å². The maximum atomic E-state index is 12.0. The van der Waals surface area contributed by atoms with E-state index in [1.54, 1.807) is 4.90 Å². The monoisotopic (exact) mass is 298 g/mol. The summed E-state index contributed by atoms with van der Waals surface area (Å²) in [5.41, 5.74) is -0.432. The van der Waals surface area contributed by atoms with Gasteiger partial charge < -0.3 is 20.1 Å². The Morgan fingerprint density at radius 3 is 2.33 bits per heavy atom. The molecule has 2 rings (SSSR count). The quantitative estimate of drug-likeness (QED) is 0.821. The van der Waals surface area contributed by atoms with Crippen molar-refractivity contribution in [3.63, 3.8) is 0 Å². The molecule has 1 saturated carbocycles. The molecule has 0 aromatic heterocycles. The van der Waals surface area contributed by atoms with Crippen molar-refractivity contribution in [1.82, 2.24) is 10.2 Å². The topological polar surface area (TPSA) is 61.8 Å². The van der Waals surface area contributed by atoms with Crippen LogP contribution in [0.3, 0.4) is 0 Å². The number of hydrogen-bond donors (Lipinski definition) is 2. The van der Waals surface area contributed by atoms with Gasteiger partial charge in [0.25, 0.3) is 0 Å². The van der Waals surface area contributed by atoms with Crippen molar-refractivity contribution in [2.45, 2.75) is 83.1 Å². The Labute approximate surface area is 128 Å². The Bertz CT molecular complexity index is 346. The van der Waals surface area contributed by atoms with E-state index in [4.69, 9.17) is 4.74 Å². The standard InChI is InChI=1S/C16H30N2O3/c1-16(2,3)21-15(20)18-10-8-12(9-11-18)17-13-6-4-5-7-14(13)19/h12-14,17,19H,4-11H2,1-3H3/t13?,14-/m0/s1. The van der Waals surface area contributed by atoms with Crippen LogP contribution in [-0.4, -0.2) is 53.0 Å². The Hall–Kier alpha value is -0.810. The summed E-state index contributed by atoms with van der Waals surface area (Å²) < 4.78 is 5.41. The van der Waals surface area contributed by atoms with Gasteiger partial charge in [0.2, 0.25) is 0 Å². The first-order chi connectivity index (χ1) is 9.85. The van der Waals surface area contributed by atoms with E-state index in [-0.39, 0.29) is 18.2 Å². The second kappa shape index (κ2) is 6.97. The molecule has 0 aromatic carbocycles. The van der Waals surface area contributed by atoms with Crippen LogP contribution in [0.5, 0.6) is 0 Å². The van der Waals surface area contributed by atoms with Crippen molar-refractivity contribution < 1.29 is 14.6 Å². The largest absolute Gasteiger partial charge is 0.444 e. The van der Waals surface area contributed by atoms with E-state index >= 15 is 0 Å². The summed E-state index contributed by atoms with van der Waals surface area (Å²) in [5, 5.41) is 13.6. The number of rotatable bonds is 2. The first kappa shape index (κ1) is 16.6. The molecule has 1 aliphatic carbocycles. The van der Waals surface area contributed by atoms with E-state index in [2.05, 4.69) is 5.32 Å². The van der Waals surface area contributed by atoms with Gasteiger partial charge in [-0.25, -0.2) is 4.79 Å². The van der Waals surface area contributed by atoms with E-state index in [1.165, 1.54) is 6.42 Å². The van der Waals surface area contributed by atoms with Crippen LogP contribution in [-0.2, 0) is 4.74 Å². The second-order valence-corrected chi connectivity index (χ2v) is 7.37. The number of carbonyl (C=O) groups is 1. The number of amides is 1. The molecule has 1 unspecified atom stereocenters. The number of likely N-dealkylation sites (tertiary alicyclic amines) is 1. The first-order valence-electron chi connectivity index (χ1n) is 8.27. The van der Waals surface area contributed by atoms with Crippen molar-refractivity contribution in [1.29, 1.82) is 0 Å². The van der Waals surface area contributed by atoms with Gasteiger partial charge in [-0.05, 0) is 46.5 Å². The molecular weight excluding hydrogens is 268 g/mol. The molecule has 0 radical (unpaired) electrons. The van der Waals surface area contributed by atoms with Gasteiger partial charge >= 0.3 is 6.09 Å². The summed E-state index contributed by atoms with van der Waals surface area (Å²) in [4.78, 5) is 13.8. The van der Waals surface area contributed by atoms with Crippen LogP contribution in [0.2, 0.25) is 0 Å². The highest BCUT2D eigenvalue weighted by Gasteiger charge is 2.30. The summed E-state index contributed by atoms with van der Waals surface area (Å²) >= 11 is 0. The molecule has 5 nitrogen and oxygen atoms in total.